The van der Waals surface area contributed by atoms with Crippen molar-refractivity contribution in [3.8, 4) is 11.5 Å². The molecule has 1 unspecified atom stereocenters. The zero-order valence-corrected chi connectivity index (χ0v) is 23.2. The van der Waals surface area contributed by atoms with Crippen molar-refractivity contribution < 1.29 is 45.7 Å². The molecule has 3 heterocycles. The molecular formula is C29H27F6N3O6. The SMILES string of the molecule is Cn1c(=O)n(CCCOC2CCCCO2)c(=O)c2c([C@H](O)C3=C(C(F)(F)F)C=C3)c(Oc3cccc(C(F)(F)F)c3)cnc21. The number of hydrogen-bond acceptors (Lipinski definition) is 7. The van der Waals surface area contributed by atoms with Crippen LogP contribution in [-0.4, -0.2) is 44.9 Å². The summed E-state index contributed by atoms with van der Waals surface area (Å²) >= 11 is 0. The number of halogens is 6. The van der Waals surface area contributed by atoms with E-state index in [1.165, 1.54) is 7.05 Å². The van der Waals surface area contributed by atoms with E-state index in [4.69, 9.17) is 14.2 Å². The molecule has 0 spiro atoms. The minimum absolute atomic E-state index is 0.136. The lowest BCUT2D eigenvalue weighted by Crippen LogP contribution is -2.40. The number of pyridine rings is 1. The maximum Gasteiger partial charge on any atom is 0.416 e. The molecule has 5 rings (SSSR count). The van der Waals surface area contributed by atoms with Crippen molar-refractivity contribution in [3.05, 3.63) is 85.7 Å². The Morgan fingerprint density at radius 1 is 1.11 bits per heavy atom. The molecule has 15 heteroatoms. The molecule has 0 amide bonds. The molecule has 0 bridgehead atoms. The van der Waals surface area contributed by atoms with Crippen LogP contribution in [0, 0.1) is 0 Å². The first-order valence-corrected chi connectivity index (χ1v) is 13.7. The molecule has 2 atom stereocenters. The average Bonchev–Trinajstić information content (AvgIpc) is 2.94. The van der Waals surface area contributed by atoms with Crippen molar-refractivity contribution in [2.75, 3.05) is 13.2 Å². The first-order chi connectivity index (χ1) is 20.8. The van der Waals surface area contributed by atoms with Crippen molar-refractivity contribution in [1.82, 2.24) is 14.1 Å². The number of rotatable bonds is 9. The first kappa shape index (κ1) is 31.5. The quantitative estimate of drug-likeness (QED) is 0.254. The molecule has 1 aliphatic heterocycles. The lowest BCUT2D eigenvalue weighted by Gasteiger charge is -2.26. The van der Waals surface area contributed by atoms with Crippen LogP contribution in [-0.2, 0) is 29.2 Å². The maximum absolute atomic E-state index is 13.8. The van der Waals surface area contributed by atoms with Crippen LogP contribution in [0.4, 0.5) is 26.3 Å². The predicted molar refractivity (Wildman–Crippen MR) is 144 cm³/mol. The number of nitrogens with zero attached hydrogens (tertiary/aromatic N) is 3. The third-order valence-corrected chi connectivity index (χ3v) is 7.33. The summed E-state index contributed by atoms with van der Waals surface area (Å²) < 4.78 is 99.4. The fourth-order valence-corrected chi connectivity index (χ4v) is 5.06. The fraction of sp³-hybridized carbons (Fsp3) is 0.414. The van der Waals surface area contributed by atoms with E-state index in [1.54, 1.807) is 0 Å². The molecule has 44 heavy (non-hydrogen) atoms. The molecule has 0 saturated carbocycles. The molecule has 9 nitrogen and oxygen atoms in total. The van der Waals surface area contributed by atoms with E-state index in [1.807, 2.05) is 0 Å². The molecule has 1 aromatic carbocycles. The van der Waals surface area contributed by atoms with Crippen LogP contribution in [0.2, 0.25) is 0 Å². The van der Waals surface area contributed by atoms with Gasteiger partial charge in [-0.2, -0.15) is 26.3 Å². The largest absolute Gasteiger partial charge is 0.455 e. The highest BCUT2D eigenvalue weighted by Crippen LogP contribution is 2.44. The lowest BCUT2D eigenvalue weighted by atomic mass is 9.88. The van der Waals surface area contributed by atoms with Crippen LogP contribution in [0.15, 0.2) is 63.3 Å². The molecule has 1 aliphatic carbocycles. The van der Waals surface area contributed by atoms with Crippen molar-refractivity contribution in [1.29, 1.82) is 0 Å². The summed E-state index contributed by atoms with van der Waals surface area (Å²) in [6.07, 6.45) is -6.70. The van der Waals surface area contributed by atoms with Gasteiger partial charge in [-0.1, -0.05) is 12.1 Å². The third-order valence-electron chi connectivity index (χ3n) is 7.33. The number of aliphatic hydroxyl groups excluding tert-OH is 1. The van der Waals surface area contributed by atoms with Gasteiger partial charge in [0, 0.05) is 25.8 Å². The molecule has 1 saturated heterocycles. The third kappa shape index (κ3) is 6.30. The van der Waals surface area contributed by atoms with Crippen molar-refractivity contribution in [2.45, 2.75) is 57.0 Å². The summed E-state index contributed by atoms with van der Waals surface area (Å²) in [5.74, 6) is -0.852. The standard InChI is InChI=1S/C29H27F6N3O6/c1-37-25-23(26(40)38(27(37)41)11-5-13-43-21-8-2-3-12-42-21)22(24(39)18-9-10-19(18)29(33,34)35)20(15-36-25)44-17-7-4-6-16(14-17)28(30,31)32/h4,6-7,9-10,14-15,21,24,39H,2-3,5,8,11-13H2,1H3/t21?,24-/m1/s1. The van der Waals surface area contributed by atoms with Gasteiger partial charge in [-0.05, 0) is 55.5 Å². The van der Waals surface area contributed by atoms with Crippen LogP contribution in [0.1, 0.15) is 42.9 Å². The van der Waals surface area contributed by atoms with Gasteiger partial charge in [-0.25, -0.2) is 9.78 Å². The fourth-order valence-electron chi connectivity index (χ4n) is 5.06. The van der Waals surface area contributed by atoms with E-state index >= 15 is 0 Å². The summed E-state index contributed by atoms with van der Waals surface area (Å²) in [6.45, 7) is 0.538. The number of alkyl halides is 6. The zero-order valence-electron chi connectivity index (χ0n) is 23.2. The van der Waals surface area contributed by atoms with Gasteiger partial charge in [0.15, 0.2) is 12.0 Å². The van der Waals surface area contributed by atoms with Crippen LogP contribution >= 0.6 is 0 Å². The molecule has 0 radical (unpaired) electrons. The highest BCUT2D eigenvalue weighted by atomic mass is 19.4. The van der Waals surface area contributed by atoms with E-state index in [2.05, 4.69) is 4.98 Å². The minimum Gasteiger partial charge on any atom is -0.455 e. The van der Waals surface area contributed by atoms with E-state index in [0.29, 0.717) is 19.1 Å². The van der Waals surface area contributed by atoms with Gasteiger partial charge in [-0.3, -0.25) is 13.9 Å². The van der Waals surface area contributed by atoms with Gasteiger partial charge in [-0.15, -0.1) is 0 Å². The Morgan fingerprint density at radius 2 is 1.89 bits per heavy atom. The number of benzene rings is 1. The number of ether oxygens (including phenoxy) is 3. The first-order valence-electron chi connectivity index (χ1n) is 13.7. The van der Waals surface area contributed by atoms with Crippen LogP contribution in [0.3, 0.4) is 0 Å². The molecule has 2 aliphatic rings. The molecule has 3 aromatic rings. The second-order valence-corrected chi connectivity index (χ2v) is 10.3. The number of aryl methyl sites for hydroxylation is 1. The van der Waals surface area contributed by atoms with Gasteiger partial charge in [0.05, 0.1) is 29.3 Å². The van der Waals surface area contributed by atoms with Crippen molar-refractivity contribution in [3.63, 3.8) is 0 Å². The summed E-state index contributed by atoms with van der Waals surface area (Å²) in [6, 6.07) is 3.66. The summed E-state index contributed by atoms with van der Waals surface area (Å²) in [5.41, 5.74) is -5.35. The molecule has 236 valence electrons. The Balaban J connectivity index is 1.60. The van der Waals surface area contributed by atoms with Gasteiger partial charge < -0.3 is 19.3 Å². The van der Waals surface area contributed by atoms with E-state index < -0.39 is 69.4 Å². The van der Waals surface area contributed by atoms with E-state index in [-0.39, 0.29) is 31.0 Å². The molecule has 1 fully saturated rings. The maximum atomic E-state index is 13.8. The van der Waals surface area contributed by atoms with Gasteiger partial charge in [0.2, 0.25) is 0 Å². The highest BCUT2D eigenvalue weighted by Gasteiger charge is 2.40. The number of allylic oxidation sites excluding steroid dienone is 2. The Hall–Kier alpha value is -3.95. The van der Waals surface area contributed by atoms with Crippen LogP contribution in [0.5, 0.6) is 11.5 Å². The Morgan fingerprint density at radius 3 is 2.52 bits per heavy atom. The van der Waals surface area contributed by atoms with Crippen molar-refractivity contribution >= 4 is 11.0 Å². The Bertz CT molecular complexity index is 1730. The molecular weight excluding hydrogens is 600 g/mol. The van der Waals surface area contributed by atoms with Crippen LogP contribution in [0.25, 0.3) is 11.0 Å². The highest BCUT2D eigenvalue weighted by molar-refractivity contribution is 5.82. The summed E-state index contributed by atoms with van der Waals surface area (Å²) in [5, 5.41) is 10.8. The zero-order chi connectivity index (χ0) is 31.8. The molecule has 1 N–H and O–H groups in total. The normalized spacial score (nSPS) is 18.0. The smallest absolute Gasteiger partial charge is 0.416 e. The van der Waals surface area contributed by atoms with E-state index in [9.17, 15) is 41.0 Å². The second kappa shape index (κ2) is 12.2. The Kier molecular flexibility index (Phi) is 8.73. The monoisotopic (exact) mass is 627 g/mol. The number of hydrogen-bond donors (Lipinski definition) is 1. The predicted octanol–water partition coefficient (Wildman–Crippen LogP) is 5.30. The van der Waals surface area contributed by atoms with Gasteiger partial charge >= 0.3 is 18.0 Å². The number of aliphatic hydroxyl groups is 1. The van der Waals surface area contributed by atoms with E-state index in [0.717, 1.165) is 58.5 Å². The number of aromatic nitrogens is 3. The Labute approximate surface area is 245 Å². The molecule has 2 aromatic heterocycles. The summed E-state index contributed by atoms with van der Waals surface area (Å²) in [4.78, 5) is 31.0. The topological polar surface area (TPSA) is 105 Å². The summed E-state index contributed by atoms with van der Waals surface area (Å²) in [7, 11) is 1.28. The van der Waals surface area contributed by atoms with Gasteiger partial charge in [0.25, 0.3) is 5.56 Å². The number of fused-ring (bicyclic) bond motifs is 1. The lowest BCUT2D eigenvalue weighted by molar-refractivity contribution is -0.163. The van der Waals surface area contributed by atoms with Crippen LogP contribution < -0.4 is 16.0 Å². The average molecular weight is 628 g/mol. The van der Waals surface area contributed by atoms with Gasteiger partial charge in [0.1, 0.15) is 17.5 Å². The minimum atomic E-state index is -4.84. The van der Waals surface area contributed by atoms with Crippen molar-refractivity contribution in [2.24, 2.45) is 7.05 Å². The second-order valence-electron chi connectivity index (χ2n) is 10.3.